The van der Waals surface area contributed by atoms with E-state index in [-0.39, 0.29) is 5.17 Å². The lowest BCUT2D eigenvalue weighted by Crippen LogP contribution is -2.07. The van der Waals surface area contributed by atoms with E-state index in [2.05, 4.69) is 4.99 Å². The summed E-state index contributed by atoms with van der Waals surface area (Å²) in [5.74, 6) is 0.921. The van der Waals surface area contributed by atoms with Gasteiger partial charge in [-0.05, 0) is 30.7 Å². The van der Waals surface area contributed by atoms with Gasteiger partial charge in [0, 0.05) is 15.8 Å². The summed E-state index contributed by atoms with van der Waals surface area (Å²) in [5, 5.41) is 8.94. The van der Waals surface area contributed by atoms with Gasteiger partial charge in [0.25, 0.3) is 0 Å². The Bertz CT molecular complexity index is 428. The molecule has 1 aromatic rings. The normalized spacial score (nSPS) is 11.6. The number of nitrogens with zero attached hydrogens (tertiary/aromatic N) is 1. The SMILES string of the molecule is CC(N)=NC(=N)SCc1cc(Cl)ccc1Cl. The zero-order chi connectivity index (χ0) is 12.1. The maximum atomic E-state index is 7.51. The first-order chi connectivity index (χ1) is 7.49. The fourth-order valence-electron chi connectivity index (χ4n) is 0.992. The van der Waals surface area contributed by atoms with Crippen molar-refractivity contribution in [3.63, 3.8) is 0 Å². The van der Waals surface area contributed by atoms with Crippen molar-refractivity contribution in [3.8, 4) is 0 Å². The molecule has 0 aliphatic carbocycles. The van der Waals surface area contributed by atoms with E-state index in [1.54, 1.807) is 25.1 Å². The zero-order valence-corrected chi connectivity index (χ0v) is 11.0. The van der Waals surface area contributed by atoms with Gasteiger partial charge < -0.3 is 5.73 Å². The summed E-state index contributed by atoms with van der Waals surface area (Å²) in [6, 6.07) is 5.25. The first-order valence-electron chi connectivity index (χ1n) is 4.45. The molecule has 0 radical (unpaired) electrons. The van der Waals surface area contributed by atoms with Gasteiger partial charge in [-0.25, -0.2) is 4.99 Å². The largest absolute Gasteiger partial charge is 0.387 e. The van der Waals surface area contributed by atoms with Gasteiger partial charge in [-0.3, -0.25) is 5.41 Å². The molecule has 0 aliphatic heterocycles. The Morgan fingerprint density at radius 3 is 2.81 bits per heavy atom. The van der Waals surface area contributed by atoms with Crippen molar-refractivity contribution in [2.24, 2.45) is 10.7 Å². The summed E-state index contributed by atoms with van der Waals surface area (Å²) in [6.07, 6.45) is 0. The molecule has 16 heavy (non-hydrogen) atoms. The highest BCUT2D eigenvalue weighted by Crippen LogP contribution is 2.25. The molecule has 0 fully saturated rings. The average molecular weight is 276 g/mol. The minimum Gasteiger partial charge on any atom is -0.387 e. The quantitative estimate of drug-likeness (QED) is 0.641. The topological polar surface area (TPSA) is 62.2 Å². The second kappa shape index (κ2) is 6.13. The predicted molar refractivity (Wildman–Crippen MR) is 72.8 cm³/mol. The predicted octanol–water partition coefficient (Wildman–Crippen LogP) is 3.54. The molecule has 1 aromatic carbocycles. The van der Waals surface area contributed by atoms with Crippen molar-refractivity contribution in [3.05, 3.63) is 33.8 Å². The van der Waals surface area contributed by atoms with Crippen LogP contribution in [-0.4, -0.2) is 11.0 Å². The van der Waals surface area contributed by atoms with Crippen molar-refractivity contribution in [1.82, 2.24) is 0 Å². The van der Waals surface area contributed by atoms with Gasteiger partial charge >= 0.3 is 0 Å². The Hall–Kier alpha value is -0.710. The molecular formula is C10H11Cl2N3S. The first-order valence-corrected chi connectivity index (χ1v) is 6.19. The maximum absolute atomic E-state index is 7.51. The molecule has 0 atom stereocenters. The first kappa shape index (κ1) is 13.4. The lowest BCUT2D eigenvalue weighted by molar-refractivity contribution is 1.41. The van der Waals surface area contributed by atoms with Crippen molar-refractivity contribution in [2.45, 2.75) is 12.7 Å². The fourth-order valence-corrected chi connectivity index (χ4v) is 2.19. The molecule has 0 heterocycles. The Labute approximate surface area is 109 Å². The van der Waals surface area contributed by atoms with Crippen LogP contribution in [-0.2, 0) is 5.75 Å². The summed E-state index contributed by atoms with van der Waals surface area (Å²) < 4.78 is 0. The molecule has 0 aromatic heterocycles. The van der Waals surface area contributed by atoms with Crippen LogP contribution in [0.4, 0.5) is 0 Å². The number of thioether (sulfide) groups is 1. The third-order valence-corrected chi connectivity index (χ3v) is 3.07. The van der Waals surface area contributed by atoms with Gasteiger partial charge in [-0.15, -0.1) is 0 Å². The Morgan fingerprint density at radius 2 is 2.19 bits per heavy atom. The minimum atomic E-state index is 0.163. The van der Waals surface area contributed by atoms with E-state index in [1.165, 1.54) is 11.8 Å². The number of amidine groups is 2. The summed E-state index contributed by atoms with van der Waals surface area (Å²) in [6.45, 7) is 1.64. The van der Waals surface area contributed by atoms with Gasteiger partial charge in [-0.2, -0.15) is 0 Å². The molecule has 0 bridgehead atoms. The molecule has 86 valence electrons. The fraction of sp³-hybridized carbons (Fsp3) is 0.200. The van der Waals surface area contributed by atoms with E-state index in [0.717, 1.165) is 5.56 Å². The van der Waals surface area contributed by atoms with Crippen LogP contribution in [0.15, 0.2) is 23.2 Å². The molecule has 0 saturated heterocycles. The van der Waals surface area contributed by atoms with Gasteiger partial charge in [0.2, 0.25) is 0 Å². The van der Waals surface area contributed by atoms with Crippen LogP contribution >= 0.6 is 35.0 Å². The molecule has 3 nitrogen and oxygen atoms in total. The summed E-state index contributed by atoms with van der Waals surface area (Å²) in [4.78, 5) is 3.81. The van der Waals surface area contributed by atoms with Gasteiger partial charge in [0.05, 0.1) is 5.84 Å². The van der Waals surface area contributed by atoms with Crippen LogP contribution in [0.1, 0.15) is 12.5 Å². The number of nitrogens with two attached hydrogens (primary N) is 1. The van der Waals surface area contributed by atoms with Crippen LogP contribution < -0.4 is 5.73 Å². The summed E-state index contributed by atoms with van der Waals surface area (Å²) in [5.41, 5.74) is 6.25. The number of nitrogens with one attached hydrogen (secondary N) is 1. The van der Waals surface area contributed by atoms with Crippen molar-refractivity contribution >= 4 is 46.0 Å². The van der Waals surface area contributed by atoms with Crippen molar-refractivity contribution < 1.29 is 0 Å². The third-order valence-electron chi connectivity index (χ3n) is 1.65. The van der Waals surface area contributed by atoms with E-state index in [0.29, 0.717) is 21.6 Å². The highest BCUT2D eigenvalue weighted by atomic mass is 35.5. The molecule has 0 unspecified atom stereocenters. The van der Waals surface area contributed by atoms with Crippen molar-refractivity contribution in [1.29, 1.82) is 5.41 Å². The average Bonchev–Trinajstić information content (AvgIpc) is 2.18. The van der Waals surface area contributed by atoms with Crippen LogP contribution in [0.25, 0.3) is 0 Å². The second-order valence-corrected chi connectivity index (χ2v) is 4.89. The lowest BCUT2D eigenvalue weighted by atomic mass is 10.2. The maximum Gasteiger partial charge on any atom is 0.182 e. The molecule has 1 rings (SSSR count). The highest BCUT2D eigenvalue weighted by molar-refractivity contribution is 8.13. The number of aliphatic imine (C=N–C) groups is 1. The molecule has 6 heteroatoms. The number of rotatable bonds is 2. The molecule has 0 aliphatic rings. The van der Waals surface area contributed by atoms with E-state index >= 15 is 0 Å². The lowest BCUT2D eigenvalue weighted by Gasteiger charge is -2.03. The number of hydrogen-bond donors (Lipinski definition) is 2. The standard InChI is InChI=1S/C10H11Cl2N3S/c1-6(13)15-10(14)16-5-7-4-8(11)2-3-9(7)12/h2-4H,5H2,1H3,(H3,13,14,15). The number of halogens is 2. The van der Waals surface area contributed by atoms with Crippen LogP contribution in [0, 0.1) is 5.41 Å². The molecular weight excluding hydrogens is 265 g/mol. The second-order valence-electron chi connectivity index (χ2n) is 3.08. The van der Waals surface area contributed by atoms with E-state index in [4.69, 9.17) is 34.3 Å². The highest BCUT2D eigenvalue weighted by Gasteiger charge is 2.03. The number of benzene rings is 1. The molecule has 0 saturated carbocycles. The van der Waals surface area contributed by atoms with Gasteiger partial charge in [0.1, 0.15) is 0 Å². The Kier molecular flexibility index (Phi) is 5.12. The Balaban J connectivity index is 2.64. The van der Waals surface area contributed by atoms with Crippen LogP contribution in [0.5, 0.6) is 0 Å². The summed E-state index contributed by atoms with van der Waals surface area (Å²) >= 11 is 13.1. The van der Waals surface area contributed by atoms with E-state index < -0.39 is 0 Å². The van der Waals surface area contributed by atoms with Gasteiger partial charge in [-0.1, -0.05) is 35.0 Å². The monoisotopic (exact) mass is 275 g/mol. The van der Waals surface area contributed by atoms with Crippen molar-refractivity contribution in [2.75, 3.05) is 0 Å². The summed E-state index contributed by atoms with van der Waals surface area (Å²) in [7, 11) is 0. The van der Waals surface area contributed by atoms with E-state index in [9.17, 15) is 0 Å². The van der Waals surface area contributed by atoms with Crippen LogP contribution in [0.3, 0.4) is 0 Å². The molecule has 3 N–H and O–H groups in total. The van der Waals surface area contributed by atoms with Crippen LogP contribution in [0.2, 0.25) is 10.0 Å². The van der Waals surface area contributed by atoms with Gasteiger partial charge in [0.15, 0.2) is 5.17 Å². The van der Waals surface area contributed by atoms with E-state index in [1.807, 2.05) is 0 Å². The molecule has 0 amide bonds. The zero-order valence-electron chi connectivity index (χ0n) is 8.63. The minimum absolute atomic E-state index is 0.163. The Morgan fingerprint density at radius 1 is 1.50 bits per heavy atom. The third kappa shape index (κ3) is 4.43. The molecule has 0 spiro atoms. The number of hydrogen-bond acceptors (Lipinski definition) is 2. The smallest absolute Gasteiger partial charge is 0.182 e.